The molecule has 2 aromatic rings. The Hall–Kier alpha value is -2.63. The molecule has 0 aliphatic heterocycles. The van der Waals surface area contributed by atoms with E-state index in [1.807, 2.05) is 37.3 Å². The highest BCUT2D eigenvalue weighted by molar-refractivity contribution is 5.94. The summed E-state index contributed by atoms with van der Waals surface area (Å²) < 4.78 is 1.78. The predicted octanol–water partition coefficient (Wildman–Crippen LogP) is 4.70. The number of hydrogen-bond acceptors (Lipinski definition) is 3. The number of benzene rings is 1. The summed E-state index contributed by atoms with van der Waals surface area (Å²) >= 11 is 0. The van der Waals surface area contributed by atoms with Gasteiger partial charge in [0.15, 0.2) is 0 Å². The zero-order valence-corrected chi connectivity index (χ0v) is 19.7. The number of amides is 2. The summed E-state index contributed by atoms with van der Waals surface area (Å²) in [7, 11) is 0. The number of rotatable bonds is 7. The zero-order chi connectivity index (χ0) is 22.8. The molecule has 31 heavy (non-hydrogen) atoms. The number of carbonyl (C=O) groups excluding carboxylic acids is 2. The number of anilines is 1. The van der Waals surface area contributed by atoms with Gasteiger partial charge in [-0.1, -0.05) is 58.7 Å². The molecule has 1 heterocycles. The number of aryl methyl sites for hydroxylation is 1. The number of nitrogens with zero attached hydrogens (tertiary/aromatic N) is 3. The molecule has 2 amide bonds. The van der Waals surface area contributed by atoms with E-state index in [1.54, 1.807) is 9.58 Å². The lowest BCUT2D eigenvalue weighted by Crippen LogP contribution is -2.44. The summed E-state index contributed by atoms with van der Waals surface area (Å²) in [4.78, 5) is 27.5. The van der Waals surface area contributed by atoms with E-state index in [2.05, 4.69) is 39.9 Å². The van der Waals surface area contributed by atoms with Crippen molar-refractivity contribution < 1.29 is 9.59 Å². The lowest BCUT2D eigenvalue weighted by atomic mass is 9.84. The van der Waals surface area contributed by atoms with E-state index in [4.69, 9.17) is 5.10 Å². The number of carbonyl (C=O) groups is 2. The van der Waals surface area contributed by atoms with E-state index in [0.717, 1.165) is 36.2 Å². The number of nitrogens with one attached hydrogen (secondary N) is 1. The zero-order valence-electron chi connectivity index (χ0n) is 19.7. The van der Waals surface area contributed by atoms with Crippen LogP contribution in [0, 0.1) is 18.8 Å². The van der Waals surface area contributed by atoms with Crippen molar-refractivity contribution in [2.24, 2.45) is 11.8 Å². The fourth-order valence-corrected chi connectivity index (χ4v) is 3.66. The van der Waals surface area contributed by atoms with Crippen molar-refractivity contribution in [2.45, 2.75) is 66.2 Å². The second-order valence-corrected chi connectivity index (χ2v) is 10.2. The van der Waals surface area contributed by atoms with Crippen molar-refractivity contribution in [1.29, 1.82) is 0 Å². The van der Waals surface area contributed by atoms with Crippen molar-refractivity contribution in [3.63, 3.8) is 0 Å². The third kappa shape index (κ3) is 5.75. The first-order valence-electron chi connectivity index (χ1n) is 11.3. The van der Waals surface area contributed by atoms with Gasteiger partial charge in [0.1, 0.15) is 5.82 Å². The Labute approximate surface area is 186 Å². The van der Waals surface area contributed by atoms with Gasteiger partial charge < -0.3 is 10.2 Å². The predicted molar refractivity (Wildman–Crippen MR) is 124 cm³/mol. The second-order valence-electron chi connectivity index (χ2n) is 10.2. The SMILES string of the molecule is Cc1ccc(-n2nc(C(C)(C)C)cc2NC(=O)CN(CC(C)C)C(=O)C2CCC2)cc1. The summed E-state index contributed by atoms with van der Waals surface area (Å²) in [5.74, 6) is 0.929. The first-order valence-corrected chi connectivity index (χ1v) is 11.3. The van der Waals surface area contributed by atoms with E-state index < -0.39 is 0 Å². The van der Waals surface area contributed by atoms with E-state index in [-0.39, 0.29) is 29.7 Å². The lowest BCUT2D eigenvalue weighted by molar-refractivity contribution is -0.141. The van der Waals surface area contributed by atoms with Crippen LogP contribution in [-0.2, 0) is 15.0 Å². The van der Waals surface area contributed by atoms with Crippen molar-refractivity contribution in [1.82, 2.24) is 14.7 Å². The van der Waals surface area contributed by atoms with Gasteiger partial charge in [-0.3, -0.25) is 9.59 Å². The summed E-state index contributed by atoms with van der Waals surface area (Å²) in [5.41, 5.74) is 2.80. The summed E-state index contributed by atoms with van der Waals surface area (Å²) in [5, 5.41) is 7.79. The van der Waals surface area contributed by atoms with Crippen molar-refractivity contribution >= 4 is 17.6 Å². The smallest absolute Gasteiger partial charge is 0.245 e. The van der Waals surface area contributed by atoms with Crippen molar-refractivity contribution in [2.75, 3.05) is 18.4 Å². The summed E-state index contributed by atoms with van der Waals surface area (Å²) in [6.45, 7) is 13.1. The molecule has 1 fully saturated rings. The molecular formula is C25H36N4O2. The minimum Gasteiger partial charge on any atom is -0.333 e. The summed E-state index contributed by atoms with van der Waals surface area (Å²) in [6.07, 6.45) is 2.97. The maximum absolute atomic E-state index is 13.0. The highest BCUT2D eigenvalue weighted by Gasteiger charge is 2.31. The second kappa shape index (κ2) is 9.25. The van der Waals surface area contributed by atoms with Crippen molar-refractivity contribution in [3.8, 4) is 5.69 Å². The molecule has 0 radical (unpaired) electrons. The van der Waals surface area contributed by atoms with Gasteiger partial charge in [0, 0.05) is 23.9 Å². The molecule has 1 N–H and O–H groups in total. The Bertz CT molecular complexity index is 918. The van der Waals surface area contributed by atoms with Crippen LogP contribution in [-0.4, -0.2) is 39.6 Å². The van der Waals surface area contributed by atoms with Crippen LogP contribution in [0.3, 0.4) is 0 Å². The van der Waals surface area contributed by atoms with Crippen LogP contribution in [0.4, 0.5) is 5.82 Å². The van der Waals surface area contributed by atoms with Crippen LogP contribution in [0.2, 0.25) is 0 Å². The first kappa shape index (κ1) is 23.0. The van der Waals surface area contributed by atoms with Gasteiger partial charge in [0.2, 0.25) is 11.8 Å². The Balaban J connectivity index is 1.82. The molecular weight excluding hydrogens is 388 g/mol. The largest absolute Gasteiger partial charge is 0.333 e. The Morgan fingerprint density at radius 1 is 1.19 bits per heavy atom. The minimum atomic E-state index is -0.193. The standard InChI is InChI=1S/C25H36N4O2/c1-17(2)15-28(24(31)19-8-7-9-19)16-23(30)26-22-14-21(25(4,5)6)27-29(22)20-12-10-18(3)11-13-20/h10-14,17,19H,7-9,15-16H2,1-6H3,(H,26,30). The van der Waals surface area contributed by atoms with Gasteiger partial charge in [-0.15, -0.1) is 0 Å². The molecule has 0 spiro atoms. The molecule has 6 heteroatoms. The molecule has 1 aliphatic rings. The molecule has 0 bridgehead atoms. The molecule has 168 valence electrons. The van der Waals surface area contributed by atoms with Crippen LogP contribution < -0.4 is 5.32 Å². The monoisotopic (exact) mass is 424 g/mol. The molecule has 3 rings (SSSR count). The Kier molecular flexibility index (Phi) is 6.87. The molecule has 0 saturated heterocycles. The van der Waals surface area contributed by atoms with Crippen molar-refractivity contribution in [3.05, 3.63) is 41.6 Å². The van der Waals surface area contributed by atoms with E-state index >= 15 is 0 Å². The fourth-order valence-electron chi connectivity index (χ4n) is 3.66. The van der Waals surface area contributed by atoms with Crippen LogP contribution in [0.5, 0.6) is 0 Å². The molecule has 1 saturated carbocycles. The fraction of sp³-hybridized carbons (Fsp3) is 0.560. The van der Waals surface area contributed by atoms with Gasteiger partial charge in [0.05, 0.1) is 17.9 Å². The molecule has 0 unspecified atom stereocenters. The van der Waals surface area contributed by atoms with E-state index in [0.29, 0.717) is 18.3 Å². The maximum Gasteiger partial charge on any atom is 0.245 e. The number of hydrogen-bond donors (Lipinski definition) is 1. The molecule has 0 atom stereocenters. The summed E-state index contributed by atoms with van der Waals surface area (Å²) in [6, 6.07) is 9.98. The average Bonchev–Trinajstić information content (AvgIpc) is 3.04. The molecule has 1 aromatic heterocycles. The van der Waals surface area contributed by atoms with Gasteiger partial charge >= 0.3 is 0 Å². The molecule has 6 nitrogen and oxygen atoms in total. The van der Waals surface area contributed by atoms with E-state index in [9.17, 15) is 9.59 Å². The molecule has 1 aromatic carbocycles. The highest BCUT2D eigenvalue weighted by atomic mass is 16.2. The Morgan fingerprint density at radius 2 is 1.84 bits per heavy atom. The first-order chi connectivity index (χ1) is 14.5. The van der Waals surface area contributed by atoms with Crippen LogP contribution in [0.25, 0.3) is 5.69 Å². The minimum absolute atomic E-state index is 0.0669. The van der Waals surface area contributed by atoms with Crippen LogP contribution in [0.1, 0.15) is 65.1 Å². The number of aromatic nitrogens is 2. The van der Waals surface area contributed by atoms with E-state index in [1.165, 1.54) is 0 Å². The van der Waals surface area contributed by atoms with Gasteiger partial charge in [0.25, 0.3) is 0 Å². The van der Waals surface area contributed by atoms with Crippen LogP contribution in [0.15, 0.2) is 30.3 Å². The maximum atomic E-state index is 13.0. The topological polar surface area (TPSA) is 67.2 Å². The lowest BCUT2D eigenvalue weighted by Gasteiger charge is -2.32. The third-order valence-corrected chi connectivity index (χ3v) is 5.71. The highest BCUT2D eigenvalue weighted by Crippen LogP contribution is 2.29. The Morgan fingerprint density at radius 3 is 2.35 bits per heavy atom. The van der Waals surface area contributed by atoms with Gasteiger partial charge in [-0.05, 0) is 37.8 Å². The van der Waals surface area contributed by atoms with Gasteiger partial charge in [-0.2, -0.15) is 5.10 Å². The van der Waals surface area contributed by atoms with Gasteiger partial charge in [-0.25, -0.2) is 4.68 Å². The van der Waals surface area contributed by atoms with Crippen LogP contribution >= 0.6 is 0 Å². The third-order valence-electron chi connectivity index (χ3n) is 5.71. The molecule has 1 aliphatic carbocycles. The normalized spacial score (nSPS) is 14.4. The average molecular weight is 425 g/mol. The quantitative estimate of drug-likeness (QED) is 0.700.